The number of halogens is 1. The summed E-state index contributed by atoms with van der Waals surface area (Å²) in [6, 6.07) is 3.71. The maximum atomic E-state index is 6.28. The molecule has 0 saturated carbocycles. The van der Waals surface area contributed by atoms with Crippen molar-refractivity contribution in [2.24, 2.45) is 0 Å². The van der Waals surface area contributed by atoms with Crippen molar-refractivity contribution in [3.8, 4) is 11.5 Å². The molecule has 0 aliphatic rings. The van der Waals surface area contributed by atoms with Gasteiger partial charge in [0.15, 0.2) is 17.3 Å². The Morgan fingerprint density at radius 1 is 1.25 bits per heavy atom. The molecule has 0 aliphatic carbocycles. The minimum Gasteiger partial charge on any atom is -0.493 e. The topological polar surface area (TPSA) is 69.4 Å². The highest BCUT2D eigenvalue weighted by Crippen LogP contribution is 2.37. The van der Waals surface area contributed by atoms with Gasteiger partial charge in [0.05, 0.1) is 25.8 Å². The van der Waals surface area contributed by atoms with E-state index in [-0.39, 0.29) is 0 Å². The first-order valence-corrected chi connectivity index (χ1v) is 6.42. The lowest BCUT2D eigenvalue weighted by Gasteiger charge is -2.12. The molecule has 0 saturated heterocycles. The molecule has 6 nitrogen and oxygen atoms in total. The van der Waals surface area contributed by atoms with Crippen molar-refractivity contribution in [1.82, 2.24) is 15.5 Å². The van der Waals surface area contributed by atoms with Crippen molar-refractivity contribution in [3.05, 3.63) is 34.4 Å². The van der Waals surface area contributed by atoms with Crippen LogP contribution >= 0.6 is 11.6 Å². The average Bonchev–Trinajstić information content (AvgIpc) is 2.86. The molecule has 0 bridgehead atoms. The molecule has 20 heavy (non-hydrogen) atoms. The number of nitrogens with one attached hydrogen (secondary N) is 1. The van der Waals surface area contributed by atoms with Crippen LogP contribution < -0.4 is 14.8 Å². The van der Waals surface area contributed by atoms with Crippen molar-refractivity contribution >= 4 is 11.6 Å². The Bertz CT molecular complexity index is 586. The van der Waals surface area contributed by atoms with Crippen LogP contribution in [0.15, 0.2) is 16.7 Å². The Morgan fingerprint density at radius 2 is 2.05 bits per heavy atom. The van der Waals surface area contributed by atoms with Crippen LogP contribution in [0.5, 0.6) is 11.5 Å². The van der Waals surface area contributed by atoms with Gasteiger partial charge in [0.1, 0.15) is 0 Å². The van der Waals surface area contributed by atoms with E-state index in [0.29, 0.717) is 41.3 Å². The van der Waals surface area contributed by atoms with Gasteiger partial charge in [-0.25, -0.2) is 0 Å². The highest BCUT2D eigenvalue weighted by Gasteiger charge is 2.13. The Labute approximate surface area is 122 Å². The third kappa shape index (κ3) is 3.20. The summed E-state index contributed by atoms with van der Waals surface area (Å²) in [6.07, 6.45) is 0. The maximum absolute atomic E-state index is 6.28. The molecule has 1 aromatic heterocycles. The van der Waals surface area contributed by atoms with Gasteiger partial charge in [0.25, 0.3) is 0 Å². The predicted molar refractivity (Wildman–Crippen MR) is 74.1 cm³/mol. The average molecular weight is 298 g/mol. The summed E-state index contributed by atoms with van der Waals surface area (Å²) >= 11 is 6.28. The Hall–Kier alpha value is -1.79. The Balaban J connectivity index is 2.02. The van der Waals surface area contributed by atoms with Crippen molar-refractivity contribution < 1.29 is 14.0 Å². The quantitative estimate of drug-likeness (QED) is 0.882. The zero-order valence-electron chi connectivity index (χ0n) is 11.6. The minimum absolute atomic E-state index is 0.502. The van der Waals surface area contributed by atoms with Crippen molar-refractivity contribution in [1.29, 1.82) is 0 Å². The second-order valence-corrected chi connectivity index (χ2v) is 4.49. The van der Waals surface area contributed by atoms with E-state index in [1.807, 2.05) is 12.1 Å². The first kappa shape index (κ1) is 14.6. The van der Waals surface area contributed by atoms with E-state index in [2.05, 4.69) is 15.5 Å². The molecular weight excluding hydrogens is 282 g/mol. The molecule has 0 unspecified atom stereocenters. The fourth-order valence-corrected chi connectivity index (χ4v) is 2.09. The number of aryl methyl sites for hydroxylation is 1. The smallest absolute Gasteiger partial charge is 0.223 e. The van der Waals surface area contributed by atoms with E-state index < -0.39 is 0 Å². The van der Waals surface area contributed by atoms with Crippen molar-refractivity contribution in [3.63, 3.8) is 0 Å². The number of aromatic nitrogens is 2. The fraction of sp³-hybridized carbons (Fsp3) is 0.385. The van der Waals surface area contributed by atoms with E-state index in [4.69, 9.17) is 25.6 Å². The van der Waals surface area contributed by atoms with Crippen molar-refractivity contribution in [2.75, 3.05) is 14.2 Å². The molecule has 1 N–H and O–H groups in total. The lowest BCUT2D eigenvalue weighted by atomic mass is 10.2. The van der Waals surface area contributed by atoms with Crippen LogP contribution in [0.4, 0.5) is 0 Å². The number of hydrogen-bond donors (Lipinski definition) is 1. The highest BCUT2D eigenvalue weighted by atomic mass is 35.5. The second kappa shape index (κ2) is 6.58. The van der Waals surface area contributed by atoms with Gasteiger partial charge < -0.3 is 19.3 Å². The minimum atomic E-state index is 0.502. The van der Waals surface area contributed by atoms with E-state index in [9.17, 15) is 0 Å². The van der Waals surface area contributed by atoms with Crippen LogP contribution in [0.25, 0.3) is 0 Å². The van der Waals surface area contributed by atoms with Crippen LogP contribution in [0, 0.1) is 6.92 Å². The lowest BCUT2D eigenvalue weighted by molar-refractivity contribution is 0.354. The number of nitrogens with zero attached hydrogens (tertiary/aromatic N) is 2. The van der Waals surface area contributed by atoms with Crippen LogP contribution in [0.3, 0.4) is 0 Å². The summed E-state index contributed by atoms with van der Waals surface area (Å²) in [5.41, 5.74) is 0.907. The SMILES string of the molecule is COc1ccc(CNCc2noc(C)n2)c(Cl)c1OC. The van der Waals surface area contributed by atoms with Gasteiger partial charge in [-0.3, -0.25) is 0 Å². The van der Waals surface area contributed by atoms with E-state index in [0.717, 1.165) is 5.56 Å². The molecule has 2 rings (SSSR count). The van der Waals surface area contributed by atoms with Gasteiger partial charge in [-0.05, 0) is 11.6 Å². The summed E-state index contributed by atoms with van der Waals surface area (Å²) in [5, 5.41) is 7.53. The fourth-order valence-electron chi connectivity index (χ4n) is 1.79. The first-order chi connectivity index (χ1) is 9.65. The zero-order valence-corrected chi connectivity index (χ0v) is 12.3. The number of rotatable bonds is 6. The van der Waals surface area contributed by atoms with Gasteiger partial charge >= 0.3 is 0 Å². The van der Waals surface area contributed by atoms with E-state index in [1.165, 1.54) is 0 Å². The lowest BCUT2D eigenvalue weighted by Crippen LogP contribution is -2.14. The molecule has 1 heterocycles. The molecule has 0 spiro atoms. The summed E-state index contributed by atoms with van der Waals surface area (Å²) in [6.45, 7) is 2.82. The van der Waals surface area contributed by atoms with Crippen molar-refractivity contribution in [2.45, 2.75) is 20.0 Å². The molecule has 0 aliphatic heterocycles. The maximum Gasteiger partial charge on any atom is 0.223 e. The Kier molecular flexibility index (Phi) is 4.81. The van der Waals surface area contributed by atoms with Crippen LogP contribution in [0.2, 0.25) is 5.02 Å². The van der Waals surface area contributed by atoms with Gasteiger partial charge in [0.2, 0.25) is 5.89 Å². The van der Waals surface area contributed by atoms with Crippen LogP contribution in [0.1, 0.15) is 17.3 Å². The highest BCUT2D eigenvalue weighted by molar-refractivity contribution is 6.33. The van der Waals surface area contributed by atoms with E-state index in [1.54, 1.807) is 21.1 Å². The summed E-state index contributed by atoms with van der Waals surface area (Å²) in [7, 11) is 3.13. The molecule has 7 heteroatoms. The van der Waals surface area contributed by atoms with Crippen LogP contribution in [-0.2, 0) is 13.1 Å². The molecule has 108 valence electrons. The zero-order chi connectivity index (χ0) is 14.5. The molecule has 0 fully saturated rings. The van der Waals surface area contributed by atoms with Gasteiger partial charge in [-0.15, -0.1) is 0 Å². The molecule has 2 aromatic rings. The number of methoxy groups -OCH3 is 2. The van der Waals surface area contributed by atoms with Crippen LogP contribution in [-0.4, -0.2) is 24.4 Å². The largest absolute Gasteiger partial charge is 0.493 e. The van der Waals surface area contributed by atoms with Gasteiger partial charge in [-0.1, -0.05) is 22.8 Å². The number of ether oxygens (including phenoxy) is 2. The molecule has 0 atom stereocenters. The molecule has 0 radical (unpaired) electrons. The third-order valence-corrected chi connectivity index (χ3v) is 3.15. The van der Waals surface area contributed by atoms with Gasteiger partial charge in [0, 0.05) is 13.5 Å². The summed E-state index contributed by atoms with van der Waals surface area (Å²) in [5.74, 6) is 2.30. The molecule has 0 amide bonds. The Morgan fingerprint density at radius 3 is 2.65 bits per heavy atom. The number of benzene rings is 1. The second-order valence-electron chi connectivity index (χ2n) is 4.11. The molecule has 1 aromatic carbocycles. The van der Waals surface area contributed by atoms with E-state index >= 15 is 0 Å². The predicted octanol–water partition coefficient (Wildman–Crippen LogP) is 2.34. The summed E-state index contributed by atoms with van der Waals surface area (Å²) in [4.78, 5) is 4.11. The molecular formula is C13H16ClN3O3. The summed E-state index contributed by atoms with van der Waals surface area (Å²) < 4.78 is 15.3. The normalized spacial score (nSPS) is 10.6. The number of hydrogen-bond acceptors (Lipinski definition) is 6. The monoisotopic (exact) mass is 297 g/mol. The standard InChI is InChI=1S/C13H16ClN3O3/c1-8-16-11(17-20-8)7-15-6-9-4-5-10(18-2)13(19-3)12(9)14/h4-5,15H,6-7H2,1-3H3. The first-order valence-electron chi connectivity index (χ1n) is 6.05. The van der Waals surface area contributed by atoms with Gasteiger partial charge in [-0.2, -0.15) is 4.98 Å². The third-order valence-electron chi connectivity index (χ3n) is 2.73.